The number of hydrogen-bond acceptors (Lipinski definition) is 5. The van der Waals surface area contributed by atoms with Crippen LogP contribution in [0.4, 0.5) is 0 Å². The van der Waals surface area contributed by atoms with E-state index >= 15 is 0 Å². The highest BCUT2D eigenvalue weighted by molar-refractivity contribution is 7.89. The Kier molecular flexibility index (Phi) is 5.71. The molecular weight excluding hydrogens is 450 g/mol. The molecule has 1 saturated heterocycles. The lowest BCUT2D eigenvalue weighted by Gasteiger charge is -2.19. The molecule has 0 radical (unpaired) electrons. The van der Waals surface area contributed by atoms with Crippen LogP contribution in [-0.4, -0.2) is 43.9 Å². The Hall–Kier alpha value is -3.49. The number of carbonyl (C=O) groups is 1. The zero-order valence-corrected chi connectivity index (χ0v) is 19.8. The number of fused-ring (bicyclic) bond motifs is 2. The van der Waals surface area contributed by atoms with Crippen LogP contribution in [0.3, 0.4) is 0 Å². The average Bonchev–Trinajstić information content (AvgIpc) is 3.17. The fourth-order valence-electron chi connectivity index (χ4n) is 4.43. The van der Waals surface area contributed by atoms with Crippen molar-refractivity contribution in [2.75, 3.05) is 13.7 Å². The summed E-state index contributed by atoms with van der Waals surface area (Å²) < 4.78 is 34.0. The number of sulfonamides is 1. The Morgan fingerprint density at radius 3 is 2.68 bits per heavy atom. The summed E-state index contributed by atoms with van der Waals surface area (Å²) in [4.78, 5) is 19.1. The van der Waals surface area contributed by atoms with Crippen LogP contribution in [0.1, 0.15) is 17.5 Å². The average molecular weight is 476 g/mol. The molecule has 0 spiro atoms. The molecule has 1 amide bonds. The number of nitrogens with zero attached hydrogens (tertiary/aromatic N) is 2. The van der Waals surface area contributed by atoms with Crippen LogP contribution in [0.25, 0.3) is 21.5 Å². The van der Waals surface area contributed by atoms with Gasteiger partial charge in [0, 0.05) is 30.9 Å². The molecule has 1 aromatic heterocycles. The maximum atomic E-state index is 13.1. The number of methoxy groups -OCH3 is 1. The van der Waals surface area contributed by atoms with Crippen molar-refractivity contribution in [2.24, 2.45) is 0 Å². The molecule has 34 heavy (non-hydrogen) atoms. The molecule has 8 heteroatoms. The van der Waals surface area contributed by atoms with Crippen molar-refractivity contribution in [3.05, 3.63) is 78.1 Å². The van der Waals surface area contributed by atoms with Gasteiger partial charge in [0.2, 0.25) is 15.9 Å². The third-order valence-electron chi connectivity index (χ3n) is 6.38. The Balaban J connectivity index is 1.33. The van der Waals surface area contributed by atoms with Crippen molar-refractivity contribution >= 4 is 37.5 Å². The molecule has 0 bridgehead atoms. The summed E-state index contributed by atoms with van der Waals surface area (Å²) in [5.74, 6) is 0.438. The minimum Gasteiger partial charge on any atom is -0.497 e. The second-order valence-electron chi connectivity index (χ2n) is 8.60. The van der Waals surface area contributed by atoms with Gasteiger partial charge in [-0.05, 0) is 77.0 Å². The maximum absolute atomic E-state index is 13.1. The van der Waals surface area contributed by atoms with E-state index in [2.05, 4.69) is 15.8 Å². The van der Waals surface area contributed by atoms with Crippen LogP contribution in [-0.2, 0) is 21.4 Å². The molecule has 0 saturated carbocycles. The normalized spacial score (nSPS) is 16.5. The lowest BCUT2D eigenvalue weighted by atomic mass is 10.0. The van der Waals surface area contributed by atoms with Crippen LogP contribution in [0.15, 0.2) is 71.9 Å². The van der Waals surface area contributed by atoms with Crippen molar-refractivity contribution in [2.45, 2.75) is 30.8 Å². The second kappa shape index (κ2) is 8.70. The van der Waals surface area contributed by atoms with Crippen molar-refractivity contribution in [1.82, 2.24) is 14.6 Å². The number of rotatable bonds is 6. The molecule has 0 unspecified atom stereocenters. The first-order valence-electron chi connectivity index (χ1n) is 11.1. The molecular formula is C26H25N3O4S. The van der Waals surface area contributed by atoms with Gasteiger partial charge in [-0.15, -0.1) is 0 Å². The van der Waals surface area contributed by atoms with Crippen LogP contribution in [0.2, 0.25) is 0 Å². The maximum Gasteiger partial charge on any atom is 0.241 e. The van der Waals surface area contributed by atoms with Gasteiger partial charge in [0.25, 0.3) is 0 Å². The highest BCUT2D eigenvalue weighted by Crippen LogP contribution is 2.26. The first kappa shape index (κ1) is 22.3. The molecule has 1 aliphatic heterocycles. The summed E-state index contributed by atoms with van der Waals surface area (Å²) in [6, 6.07) is 15.7. The van der Waals surface area contributed by atoms with Crippen LogP contribution in [0, 0.1) is 6.92 Å². The van der Waals surface area contributed by atoms with E-state index in [4.69, 9.17) is 4.74 Å². The Bertz CT molecular complexity index is 1520. The fraction of sp³-hybridized carbons (Fsp3) is 0.231. The van der Waals surface area contributed by atoms with E-state index in [1.54, 1.807) is 48.7 Å². The number of aromatic nitrogens is 1. The van der Waals surface area contributed by atoms with Crippen LogP contribution >= 0.6 is 0 Å². The number of ether oxygens (including phenoxy) is 1. The molecule has 1 aliphatic rings. The SMILES string of the molecule is COc1ccc2ccc(S(=O)(=O)N[C@H]3CCN(Cc4cc5cnccc5cc4C)C3=O)cc2c1. The van der Waals surface area contributed by atoms with Gasteiger partial charge in [0.1, 0.15) is 11.8 Å². The molecule has 1 atom stereocenters. The molecule has 4 aromatic rings. The standard InChI is InChI=1S/C26H25N3O4S/c1-17-11-19-7-9-27-15-21(19)12-22(17)16-29-10-8-25(26(29)30)28-34(31,32)24-6-4-18-3-5-23(33-2)13-20(18)14-24/h3-7,9,11-15,25,28H,8,10,16H2,1-2H3/t25-/m0/s1. The lowest BCUT2D eigenvalue weighted by molar-refractivity contribution is -0.129. The smallest absolute Gasteiger partial charge is 0.241 e. The van der Waals surface area contributed by atoms with E-state index in [0.717, 1.165) is 32.7 Å². The Morgan fingerprint density at radius 2 is 1.85 bits per heavy atom. The first-order chi connectivity index (χ1) is 16.3. The topological polar surface area (TPSA) is 88.6 Å². The molecule has 174 valence electrons. The summed E-state index contributed by atoms with van der Waals surface area (Å²) in [5, 5.41) is 3.77. The van der Waals surface area contributed by atoms with E-state index in [9.17, 15) is 13.2 Å². The van der Waals surface area contributed by atoms with E-state index in [-0.39, 0.29) is 10.8 Å². The number of carbonyl (C=O) groups excluding carboxylic acids is 1. The van der Waals surface area contributed by atoms with Crippen molar-refractivity contribution in [3.8, 4) is 5.75 Å². The molecule has 3 aromatic carbocycles. The number of amides is 1. The van der Waals surface area contributed by atoms with Gasteiger partial charge in [-0.2, -0.15) is 4.72 Å². The minimum absolute atomic E-state index is 0.123. The molecule has 2 heterocycles. The zero-order valence-electron chi connectivity index (χ0n) is 19.0. The monoisotopic (exact) mass is 475 g/mol. The third-order valence-corrected chi connectivity index (χ3v) is 7.85. The van der Waals surface area contributed by atoms with Gasteiger partial charge in [-0.25, -0.2) is 8.42 Å². The van der Waals surface area contributed by atoms with Crippen molar-refractivity contribution in [3.63, 3.8) is 0 Å². The number of pyridine rings is 1. The van der Waals surface area contributed by atoms with Gasteiger partial charge in [0.15, 0.2) is 0 Å². The van der Waals surface area contributed by atoms with E-state index in [0.29, 0.717) is 25.3 Å². The first-order valence-corrected chi connectivity index (χ1v) is 12.5. The highest BCUT2D eigenvalue weighted by atomic mass is 32.2. The van der Waals surface area contributed by atoms with Crippen LogP contribution in [0.5, 0.6) is 5.75 Å². The highest BCUT2D eigenvalue weighted by Gasteiger charge is 2.35. The van der Waals surface area contributed by atoms with E-state index in [1.165, 1.54) is 0 Å². The third kappa shape index (κ3) is 4.22. The van der Waals surface area contributed by atoms with Gasteiger partial charge in [0.05, 0.1) is 12.0 Å². The predicted molar refractivity (Wildman–Crippen MR) is 131 cm³/mol. The van der Waals surface area contributed by atoms with E-state index in [1.807, 2.05) is 31.2 Å². The van der Waals surface area contributed by atoms with Crippen LogP contribution < -0.4 is 9.46 Å². The number of likely N-dealkylation sites (tertiary alicyclic amines) is 1. The molecule has 5 rings (SSSR count). The lowest BCUT2D eigenvalue weighted by Crippen LogP contribution is -2.41. The zero-order chi connectivity index (χ0) is 23.9. The van der Waals surface area contributed by atoms with Gasteiger partial charge >= 0.3 is 0 Å². The van der Waals surface area contributed by atoms with Gasteiger partial charge in [-0.3, -0.25) is 9.78 Å². The Morgan fingerprint density at radius 1 is 1.03 bits per heavy atom. The van der Waals surface area contributed by atoms with E-state index < -0.39 is 16.1 Å². The molecule has 7 nitrogen and oxygen atoms in total. The molecule has 1 N–H and O–H groups in total. The molecule has 1 fully saturated rings. The summed E-state index contributed by atoms with van der Waals surface area (Å²) in [5.41, 5.74) is 2.11. The Labute approximate surface area is 198 Å². The predicted octanol–water partition coefficient (Wildman–Crippen LogP) is 3.78. The summed E-state index contributed by atoms with van der Waals surface area (Å²) >= 11 is 0. The second-order valence-corrected chi connectivity index (χ2v) is 10.3. The minimum atomic E-state index is -3.87. The molecule has 0 aliphatic carbocycles. The summed E-state index contributed by atoms with van der Waals surface area (Å²) in [6.07, 6.45) is 3.99. The number of benzene rings is 3. The number of nitrogens with one attached hydrogen (secondary N) is 1. The van der Waals surface area contributed by atoms with Gasteiger partial charge < -0.3 is 9.64 Å². The number of hydrogen-bond donors (Lipinski definition) is 1. The van der Waals surface area contributed by atoms with Crippen molar-refractivity contribution in [1.29, 1.82) is 0 Å². The number of aryl methyl sites for hydroxylation is 1. The largest absolute Gasteiger partial charge is 0.497 e. The van der Waals surface area contributed by atoms with Crippen molar-refractivity contribution < 1.29 is 17.9 Å². The van der Waals surface area contributed by atoms with Gasteiger partial charge in [-0.1, -0.05) is 18.2 Å². The quantitative estimate of drug-likeness (QED) is 0.458. The fourth-order valence-corrected chi connectivity index (χ4v) is 5.69. The summed E-state index contributed by atoms with van der Waals surface area (Å²) in [7, 11) is -2.30. The summed E-state index contributed by atoms with van der Waals surface area (Å²) in [6.45, 7) is 2.94.